The molecule has 0 spiro atoms. The van der Waals surface area contributed by atoms with Crippen LogP contribution in [0.2, 0.25) is 5.02 Å². The molecule has 2 heterocycles. The average molecular weight is 395 g/mol. The van der Waals surface area contributed by atoms with Crippen LogP contribution in [-0.2, 0) is 6.54 Å². The summed E-state index contributed by atoms with van der Waals surface area (Å²) in [6.45, 7) is 5.28. The second-order valence-corrected chi connectivity index (χ2v) is 9.10. The molecule has 1 aromatic rings. The molecule has 2 aliphatic rings. The monoisotopic (exact) mass is 394 g/mol. The lowest BCUT2D eigenvalue weighted by atomic mass is 9.96. The molecule has 0 saturated carbocycles. The van der Waals surface area contributed by atoms with E-state index in [1.165, 1.54) is 37.0 Å². The van der Waals surface area contributed by atoms with Crippen molar-refractivity contribution in [2.24, 2.45) is 10.9 Å². The summed E-state index contributed by atoms with van der Waals surface area (Å²) >= 11 is 8.37. The van der Waals surface area contributed by atoms with E-state index in [9.17, 15) is 0 Å². The Hall–Kier alpha value is -0.910. The molecule has 1 atom stereocenters. The molecule has 0 aliphatic carbocycles. The highest BCUT2D eigenvalue weighted by molar-refractivity contribution is 8.00. The van der Waals surface area contributed by atoms with Crippen molar-refractivity contribution in [3.8, 4) is 0 Å². The predicted molar refractivity (Wildman–Crippen MR) is 114 cm³/mol. The summed E-state index contributed by atoms with van der Waals surface area (Å²) in [5, 5.41) is 8.65. The van der Waals surface area contributed by atoms with E-state index in [1.54, 1.807) is 0 Å². The van der Waals surface area contributed by atoms with E-state index in [-0.39, 0.29) is 0 Å². The first-order valence-electron chi connectivity index (χ1n) is 9.76. The smallest absolute Gasteiger partial charge is 0.191 e. The van der Waals surface area contributed by atoms with Crippen LogP contribution in [0, 0.1) is 5.92 Å². The fraction of sp³-hybridized carbons (Fsp3) is 0.650. The minimum Gasteiger partial charge on any atom is -0.356 e. The lowest BCUT2D eigenvalue weighted by Crippen LogP contribution is -2.44. The van der Waals surface area contributed by atoms with Gasteiger partial charge in [0.25, 0.3) is 0 Å². The third kappa shape index (κ3) is 6.07. The van der Waals surface area contributed by atoms with Gasteiger partial charge in [-0.05, 0) is 62.1 Å². The van der Waals surface area contributed by atoms with Crippen molar-refractivity contribution in [2.45, 2.75) is 37.5 Å². The third-order valence-electron chi connectivity index (χ3n) is 5.36. The van der Waals surface area contributed by atoms with Crippen LogP contribution in [0.15, 0.2) is 29.3 Å². The Balaban J connectivity index is 1.34. The fourth-order valence-corrected chi connectivity index (χ4v) is 5.09. The van der Waals surface area contributed by atoms with Crippen LogP contribution in [0.3, 0.4) is 0 Å². The first kappa shape index (κ1) is 19.8. The van der Waals surface area contributed by atoms with E-state index in [1.807, 2.05) is 19.2 Å². The van der Waals surface area contributed by atoms with Crippen molar-refractivity contribution in [2.75, 3.05) is 39.0 Å². The first-order valence-corrected chi connectivity index (χ1v) is 11.2. The second kappa shape index (κ2) is 10.4. The molecule has 1 unspecified atom stereocenters. The van der Waals surface area contributed by atoms with Crippen molar-refractivity contribution in [1.29, 1.82) is 0 Å². The Kier molecular flexibility index (Phi) is 7.96. The molecule has 144 valence electrons. The molecule has 2 N–H and O–H groups in total. The summed E-state index contributed by atoms with van der Waals surface area (Å²) in [7, 11) is 1.86. The Morgan fingerprint density at radius 3 is 2.65 bits per heavy atom. The van der Waals surface area contributed by atoms with Gasteiger partial charge in [-0.1, -0.05) is 29.8 Å². The zero-order valence-electron chi connectivity index (χ0n) is 15.7. The molecule has 0 radical (unpaired) electrons. The molecule has 3 rings (SSSR count). The maximum Gasteiger partial charge on any atom is 0.191 e. The molecular weight excluding hydrogens is 364 g/mol. The number of piperidine rings is 1. The molecule has 2 fully saturated rings. The summed E-state index contributed by atoms with van der Waals surface area (Å²) in [5.74, 6) is 2.98. The zero-order chi connectivity index (χ0) is 18.2. The predicted octanol–water partition coefficient (Wildman–Crippen LogP) is 3.61. The summed E-state index contributed by atoms with van der Waals surface area (Å²) in [5.41, 5.74) is 1.24. The Morgan fingerprint density at radius 2 is 1.96 bits per heavy atom. The number of hydrogen-bond acceptors (Lipinski definition) is 3. The number of halogens is 1. The van der Waals surface area contributed by atoms with Gasteiger partial charge in [0.1, 0.15) is 0 Å². The number of rotatable bonds is 6. The number of nitrogens with one attached hydrogen (secondary N) is 2. The van der Waals surface area contributed by atoms with Crippen LogP contribution in [-0.4, -0.2) is 55.1 Å². The maximum atomic E-state index is 6.29. The van der Waals surface area contributed by atoms with Gasteiger partial charge in [-0.25, -0.2) is 0 Å². The summed E-state index contributed by atoms with van der Waals surface area (Å²) in [6, 6.07) is 8.18. The number of hydrogen-bond donors (Lipinski definition) is 2. The molecular formula is C20H31ClN4S. The van der Waals surface area contributed by atoms with Crippen LogP contribution >= 0.6 is 23.4 Å². The van der Waals surface area contributed by atoms with Crippen molar-refractivity contribution in [1.82, 2.24) is 15.5 Å². The Labute approximate surface area is 167 Å². The summed E-state index contributed by atoms with van der Waals surface area (Å²) < 4.78 is 0. The highest BCUT2D eigenvalue weighted by atomic mass is 35.5. The van der Waals surface area contributed by atoms with Crippen molar-refractivity contribution >= 4 is 29.3 Å². The molecule has 1 aromatic carbocycles. The normalized spacial score (nSPS) is 22.5. The summed E-state index contributed by atoms with van der Waals surface area (Å²) in [6.07, 6.45) is 5.15. The van der Waals surface area contributed by atoms with Crippen LogP contribution in [0.5, 0.6) is 0 Å². The van der Waals surface area contributed by atoms with Gasteiger partial charge >= 0.3 is 0 Å². The van der Waals surface area contributed by atoms with E-state index in [4.69, 9.17) is 11.6 Å². The van der Waals surface area contributed by atoms with Crippen LogP contribution < -0.4 is 10.6 Å². The van der Waals surface area contributed by atoms with Gasteiger partial charge in [-0.15, -0.1) is 0 Å². The first-order chi connectivity index (χ1) is 12.7. The minimum atomic E-state index is 0.719. The van der Waals surface area contributed by atoms with Gasteiger partial charge in [-0.3, -0.25) is 9.89 Å². The molecule has 0 amide bonds. The van der Waals surface area contributed by atoms with Gasteiger partial charge in [0.2, 0.25) is 0 Å². The average Bonchev–Trinajstić information content (AvgIpc) is 3.18. The molecule has 6 heteroatoms. The lowest BCUT2D eigenvalue weighted by Gasteiger charge is -2.32. The van der Waals surface area contributed by atoms with Crippen LogP contribution in [0.25, 0.3) is 0 Å². The Bertz CT molecular complexity index is 581. The van der Waals surface area contributed by atoms with Crippen LogP contribution in [0.1, 0.15) is 31.2 Å². The number of nitrogens with zero attached hydrogens (tertiary/aromatic N) is 2. The van der Waals surface area contributed by atoms with Crippen molar-refractivity contribution in [3.05, 3.63) is 34.9 Å². The van der Waals surface area contributed by atoms with E-state index in [0.29, 0.717) is 0 Å². The standard InChI is InChI=1S/C20H31ClN4S/c1-22-20(24-14-18-6-4-12-26-18)23-13-16-8-10-25(11-9-16)15-17-5-2-3-7-19(17)21/h2-3,5,7,16,18H,4,6,8-15H2,1H3,(H2,22,23,24). The SMILES string of the molecule is CN=C(NCC1CCN(Cc2ccccc2Cl)CC1)NCC1CCCS1. The fourth-order valence-electron chi connectivity index (χ4n) is 3.69. The number of likely N-dealkylation sites (tertiary alicyclic amines) is 1. The van der Waals surface area contributed by atoms with E-state index in [0.717, 1.165) is 54.9 Å². The van der Waals surface area contributed by atoms with Gasteiger partial charge in [0.05, 0.1) is 0 Å². The molecule has 0 aromatic heterocycles. The third-order valence-corrected chi connectivity index (χ3v) is 7.13. The van der Waals surface area contributed by atoms with Gasteiger partial charge < -0.3 is 10.6 Å². The summed E-state index contributed by atoms with van der Waals surface area (Å²) in [4.78, 5) is 6.89. The largest absolute Gasteiger partial charge is 0.356 e. The number of thioether (sulfide) groups is 1. The van der Waals surface area contributed by atoms with Crippen LogP contribution in [0.4, 0.5) is 0 Å². The van der Waals surface area contributed by atoms with Gasteiger partial charge in [0.15, 0.2) is 5.96 Å². The second-order valence-electron chi connectivity index (χ2n) is 7.28. The highest BCUT2D eigenvalue weighted by Gasteiger charge is 2.20. The van der Waals surface area contributed by atoms with Gasteiger partial charge in [0, 0.05) is 37.0 Å². The number of aliphatic imine (C=N–C) groups is 1. The molecule has 2 saturated heterocycles. The van der Waals surface area contributed by atoms with E-state index >= 15 is 0 Å². The lowest BCUT2D eigenvalue weighted by molar-refractivity contribution is 0.178. The van der Waals surface area contributed by atoms with E-state index < -0.39 is 0 Å². The number of benzene rings is 1. The molecule has 2 aliphatic heterocycles. The van der Waals surface area contributed by atoms with Crippen molar-refractivity contribution in [3.63, 3.8) is 0 Å². The topological polar surface area (TPSA) is 39.7 Å². The van der Waals surface area contributed by atoms with E-state index in [2.05, 4.69) is 44.4 Å². The zero-order valence-corrected chi connectivity index (χ0v) is 17.3. The molecule has 0 bridgehead atoms. The van der Waals surface area contributed by atoms with Gasteiger partial charge in [-0.2, -0.15) is 11.8 Å². The molecule has 4 nitrogen and oxygen atoms in total. The molecule has 26 heavy (non-hydrogen) atoms. The number of guanidine groups is 1. The quantitative estimate of drug-likeness (QED) is 0.571. The maximum absolute atomic E-state index is 6.29. The van der Waals surface area contributed by atoms with Crippen molar-refractivity contribution < 1.29 is 0 Å². The highest BCUT2D eigenvalue weighted by Crippen LogP contribution is 2.25. The minimum absolute atomic E-state index is 0.719. The Morgan fingerprint density at radius 1 is 1.19 bits per heavy atom.